The molecule has 1 N–H and O–H groups in total. The summed E-state index contributed by atoms with van der Waals surface area (Å²) in [6.45, 7) is 4.70. The highest BCUT2D eigenvalue weighted by Gasteiger charge is 2.26. The van der Waals surface area contributed by atoms with Crippen molar-refractivity contribution >= 4 is 5.91 Å². The van der Waals surface area contributed by atoms with Crippen LogP contribution in [0, 0.1) is 0 Å². The number of aromatic nitrogens is 1. The fourth-order valence-electron chi connectivity index (χ4n) is 3.39. The van der Waals surface area contributed by atoms with Gasteiger partial charge in [-0.25, -0.2) is 0 Å². The van der Waals surface area contributed by atoms with Crippen molar-refractivity contribution in [3.05, 3.63) is 65.5 Å². The van der Waals surface area contributed by atoms with Gasteiger partial charge in [0.05, 0.1) is 12.2 Å². The molecule has 132 valence electrons. The average Bonchev–Trinajstić information content (AvgIpc) is 2.96. The molecule has 1 aliphatic rings. The Bertz CT molecular complexity index is 661. The van der Waals surface area contributed by atoms with E-state index in [1.54, 1.807) is 6.20 Å². The molecular formula is C21H27N3O. The van der Waals surface area contributed by atoms with Gasteiger partial charge in [-0.2, -0.15) is 0 Å². The van der Waals surface area contributed by atoms with Gasteiger partial charge >= 0.3 is 0 Å². The number of hydrogen-bond donors (Lipinski definition) is 1. The Hall–Kier alpha value is -2.20. The number of carbonyl (C=O) groups excluding carboxylic acids is 1. The maximum Gasteiger partial charge on any atom is 0.254 e. The lowest BCUT2D eigenvalue weighted by Gasteiger charge is -2.31. The lowest BCUT2D eigenvalue weighted by Crippen LogP contribution is -2.40. The molecule has 25 heavy (non-hydrogen) atoms. The van der Waals surface area contributed by atoms with Gasteiger partial charge in [0.25, 0.3) is 5.91 Å². The van der Waals surface area contributed by atoms with Crippen molar-refractivity contribution in [3.63, 3.8) is 0 Å². The third-order valence-electron chi connectivity index (χ3n) is 4.91. The maximum atomic E-state index is 13.2. The predicted molar refractivity (Wildman–Crippen MR) is 100 cm³/mol. The van der Waals surface area contributed by atoms with Crippen LogP contribution < -0.4 is 5.32 Å². The van der Waals surface area contributed by atoms with Gasteiger partial charge in [0.15, 0.2) is 0 Å². The van der Waals surface area contributed by atoms with Gasteiger partial charge in [-0.1, -0.05) is 25.1 Å². The third kappa shape index (κ3) is 4.67. The van der Waals surface area contributed by atoms with Crippen LogP contribution in [0.3, 0.4) is 0 Å². The van der Waals surface area contributed by atoms with Gasteiger partial charge in [0, 0.05) is 17.8 Å². The van der Waals surface area contributed by atoms with Gasteiger partial charge in [-0.15, -0.1) is 0 Å². The number of carbonyl (C=O) groups is 1. The van der Waals surface area contributed by atoms with E-state index in [1.807, 2.05) is 35.2 Å². The molecule has 4 heteroatoms. The number of nitrogens with zero attached hydrogens (tertiary/aromatic N) is 2. The molecule has 0 radical (unpaired) electrons. The van der Waals surface area contributed by atoms with Crippen molar-refractivity contribution in [1.29, 1.82) is 0 Å². The minimum atomic E-state index is 0.111. The second-order valence-electron chi connectivity index (χ2n) is 6.64. The van der Waals surface area contributed by atoms with Crippen LogP contribution in [0.4, 0.5) is 0 Å². The Morgan fingerprint density at radius 3 is 2.72 bits per heavy atom. The van der Waals surface area contributed by atoms with Gasteiger partial charge in [0.2, 0.25) is 0 Å². The molecule has 1 fully saturated rings. The molecule has 0 bridgehead atoms. The first kappa shape index (κ1) is 17.6. The zero-order valence-electron chi connectivity index (χ0n) is 14.9. The Labute approximate surface area is 150 Å². The summed E-state index contributed by atoms with van der Waals surface area (Å²) in [7, 11) is 0. The van der Waals surface area contributed by atoms with Gasteiger partial charge < -0.3 is 10.2 Å². The standard InChI is InChI=1S/C21H27N3O/c1-2-17-8-10-18(11-9-17)21(25)24(16-19-6-3-4-14-23-19)20-7-5-13-22-15-12-20/h3-4,6,8-11,14,20,22H,2,5,7,12-13,15-16H2,1H3. The lowest BCUT2D eigenvalue weighted by molar-refractivity contribution is 0.0642. The van der Waals surface area contributed by atoms with Crippen molar-refractivity contribution in [1.82, 2.24) is 15.2 Å². The molecule has 3 rings (SSSR count). The van der Waals surface area contributed by atoms with E-state index in [-0.39, 0.29) is 11.9 Å². The molecule has 1 aliphatic heterocycles. The number of pyridine rings is 1. The van der Waals surface area contributed by atoms with Crippen molar-refractivity contribution in [3.8, 4) is 0 Å². The Morgan fingerprint density at radius 2 is 2.00 bits per heavy atom. The highest BCUT2D eigenvalue weighted by atomic mass is 16.2. The van der Waals surface area contributed by atoms with Crippen LogP contribution in [0.25, 0.3) is 0 Å². The van der Waals surface area contributed by atoms with Crippen LogP contribution in [0.15, 0.2) is 48.7 Å². The van der Waals surface area contributed by atoms with E-state index < -0.39 is 0 Å². The van der Waals surface area contributed by atoms with Crippen LogP contribution >= 0.6 is 0 Å². The van der Waals surface area contributed by atoms with Crippen molar-refractivity contribution in [2.45, 2.75) is 45.2 Å². The van der Waals surface area contributed by atoms with Crippen molar-refractivity contribution < 1.29 is 4.79 Å². The number of benzene rings is 1. The van der Waals surface area contributed by atoms with Crippen LogP contribution in [-0.2, 0) is 13.0 Å². The molecule has 2 aromatic rings. The summed E-state index contributed by atoms with van der Waals surface area (Å²) in [5, 5.41) is 3.44. The highest BCUT2D eigenvalue weighted by molar-refractivity contribution is 5.94. The molecule has 2 heterocycles. The number of aryl methyl sites for hydroxylation is 1. The van der Waals surface area contributed by atoms with E-state index in [0.29, 0.717) is 6.54 Å². The van der Waals surface area contributed by atoms with Crippen LogP contribution in [0.1, 0.15) is 47.8 Å². The number of rotatable bonds is 5. The Kier molecular flexibility index (Phi) is 6.18. The summed E-state index contributed by atoms with van der Waals surface area (Å²) >= 11 is 0. The molecule has 1 atom stereocenters. The van der Waals surface area contributed by atoms with Crippen LogP contribution in [0.2, 0.25) is 0 Å². The minimum Gasteiger partial charge on any atom is -0.330 e. The molecular weight excluding hydrogens is 310 g/mol. The second-order valence-corrected chi connectivity index (χ2v) is 6.64. The minimum absolute atomic E-state index is 0.111. The monoisotopic (exact) mass is 337 g/mol. The largest absolute Gasteiger partial charge is 0.330 e. The zero-order valence-corrected chi connectivity index (χ0v) is 14.9. The smallest absolute Gasteiger partial charge is 0.254 e. The van der Waals surface area contributed by atoms with E-state index in [2.05, 4.69) is 29.4 Å². The van der Waals surface area contributed by atoms with Crippen molar-refractivity contribution in [2.75, 3.05) is 13.1 Å². The number of nitrogens with one attached hydrogen (secondary N) is 1. The summed E-state index contributed by atoms with van der Waals surface area (Å²) in [5.41, 5.74) is 2.97. The molecule has 0 aliphatic carbocycles. The quantitative estimate of drug-likeness (QED) is 0.909. The lowest BCUT2D eigenvalue weighted by atomic mass is 10.0. The summed E-state index contributed by atoms with van der Waals surface area (Å²) in [6, 6.07) is 14.2. The molecule has 1 aromatic carbocycles. The first-order valence-electron chi connectivity index (χ1n) is 9.28. The van der Waals surface area contributed by atoms with Crippen LogP contribution in [0.5, 0.6) is 0 Å². The molecule has 1 amide bonds. The first-order valence-corrected chi connectivity index (χ1v) is 9.28. The molecule has 1 unspecified atom stereocenters. The van der Waals surface area contributed by atoms with E-state index in [4.69, 9.17) is 0 Å². The van der Waals surface area contributed by atoms with E-state index in [9.17, 15) is 4.79 Å². The molecule has 4 nitrogen and oxygen atoms in total. The molecule has 0 spiro atoms. The van der Waals surface area contributed by atoms with Gasteiger partial charge in [0.1, 0.15) is 0 Å². The molecule has 1 aromatic heterocycles. The van der Waals surface area contributed by atoms with Gasteiger partial charge in [-0.3, -0.25) is 9.78 Å². The summed E-state index contributed by atoms with van der Waals surface area (Å²) in [6.07, 6.45) is 5.92. The third-order valence-corrected chi connectivity index (χ3v) is 4.91. The number of hydrogen-bond acceptors (Lipinski definition) is 3. The fourth-order valence-corrected chi connectivity index (χ4v) is 3.39. The summed E-state index contributed by atoms with van der Waals surface area (Å²) < 4.78 is 0. The van der Waals surface area contributed by atoms with E-state index in [1.165, 1.54) is 5.56 Å². The second kappa shape index (κ2) is 8.77. The Balaban J connectivity index is 1.84. The Morgan fingerprint density at radius 1 is 1.16 bits per heavy atom. The summed E-state index contributed by atoms with van der Waals surface area (Å²) in [4.78, 5) is 19.7. The molecule has 1 saturated heterocycles. The highest BCUT2D eigenvalue weighted by Crippen LogP contribution is 2.20. The summed E-state index contributed by atoms with van der Waals surface area (Å²) in [5.74, 6) is 0.111. The molecule has 0 saturated carbocycles. The van der Waals surface area contributed by atoms with Crippen LogP contribution in [-0.4, -0.2) is 34.9 Å². The maximum absolute atomic E-state index is 13.2. The average molecular weight is 337 g/mol. The topological polar surface area (TPSA) is 45.2 Å². The fraction of sp³-hybridized carbons (Fsp3) is 0.429. The number of amides is 1. The van der Waals surface area contributed by atoms with Crippen molar-refractivity contribution in [2.24, 2.45) is 0 Å². The SMILES string of the molecule is CCc1ccc(C(=O)N(Cc2ccccn2)C2CCCNCC2)cc1. The van der Waals surface area contributed by atoms with Gasteiger partial charge in [-0.05, 0) is 68.6 Å². The first-order chi connectivity index (χ1) is 12.3. The van der Waals surface area contributed by atoms with E-state index in [0.717, 1.165) is 50.0 Å². The predicted octanol–water partition coefficient (Wildman–Crippen LogP) is 3.43. The van der Waals surface area contributed by atoms with E-state index >= 15 is 0 Å². The normalized spacial score (nSPS) is 17.7. The zero-order chi connectivity index (χ0) is 17.5.